The first-order valence-corrected chi connectivity index (χ1v) is 6.49. The summed E-state index contributed by atoms with van der Waals surface area (Å²) in [5, 5.41) is 12.7. The van der Waals surface area contributed by atoms with Crippen molar-refractivity contribution in [3.63, 3.8) is 0 Å². The zero-order valence-electron chi connectivity index (χ0n) is 10.5. The van der Waals surface area contributed by atoms with Crippen LogP contribution >= 0.6 is 11.6 Å². The van der Waals surface area contributed by atoms with Crippen molar-refractivity contribution in [2.75, 3.05) is 0 Å². The molecule has 0 aliphatic rings. The molecule has 0 N–H and O–H groups in total. The Labute approximate surface area is 120 Å². The number of nitro benzene ring substituents is 1. The lowest BCUT2D eigenvalue weighted by atomic mass is 10.2. The molecule has 1 aromatic heterocycles. The third-order valence-corrected chi connectivity index (χ3v) is 3.50. The lowest BCUT2D eigenvalue weighted by Crippen LogP contribution is -2.01. The molecule has 0 atom stereocenters. The number of benzene rings is 2. The lowest BCUT2D eigenvalue weighted by molar-refractivity contribution is -0.385. The maximum absolute atomic E-state index is 11.0. The Hall–Kier alpha value is -2.33. The van der Waals surface area contributed by atoms with Crippen molar-refractivity contribution in [1.29, 1.82) is 0 Å². The number of rotatable bonds is 3. The first-order valence-electron chi connectivity index (χ1n) is 6.12. The Balaban J connectivity index is 2.04. The monoisotopic (exact) mass is 286 g/mol. The van der Waals surface area contributed by atoms with Crippen LogP contribution in [0.2, 0.25) is 5.02 Å². The fourth-order valence-corrected chi connectivity index (χ4v) is 2.50. The predicted molar refractivity (Wildman–Crippen MR) is 79.1 cm³/mol. The molecule has 3 aromatic rings. The van der Waals surface area contributed by atoms with Crippen LogP contribution < -0.4 is 0 Å². The lowest BCUT2D eigenvalue weighted by Gasteiger charge is -2.06. The highest BCUT2D eigenvalue weighted by atomic mass is 35.5. The van der Waals surface area contributed by atoms with Gasteiger partial charge in [0.2, 0.25) is 0 Å². The Bertz CT molecular complexity index is 795. The summed E-state index contributed by atoms with van der Waals surface area (Å²) in [7, 11) is 0. The SMILES string of the molecule is O=[N+]([O-])c1ccccc1Cn1ccc2cc(Cl)ccc21. The van der Waals surface area contributed by atoms with Crippen LogP contribution in [0.25, 0.3) is 10.9 Å². The van der Waals surface area contributed by atoms with E-state index < -0.39 is 0 Å². The van der Waals surface area contributed by atoms with Gasteiger partial charge in [0.1, 0.15) is 0 Å². The van der Waals surface area contributed by atoms with Gasteiger partial charge < -0.3 is 4.57 Å². The summed E-state index contributed by atoms with van der Waals surface area (Å²) in [6, 6.07) is 14.4. The van der Waals surface area contributed by atoms with E-state index >= 15 is 0 Å². The molecular formula is C15H11ClN2O2. The molecule has 5 heteroatoms. The number of fused-ring (bicyclic) bond motifs is 1. The van der Waals surface area contributed by atoms with Crippen molar-refractivity contribution in [2.45, 2.75) is 6.54 Å². The van der Waals surface area contributed by atoms with Crippen LogP contribution in [0.3, 0.4) is 0 Å². The molecule has 0 aliphatic carbocycles. The van der Waals surface area contributed by atoms with Crippen molar-refractivity contribution < 1.29 is 4.92 Å². The van der Waals surface area contributed by atoms with E-state index in [-0.39, 0.29) is 10.6 Å². The average molecular weight is 287 g/mol. The van der Waals surface area contributed by atoms with Crippen LogP contribution in [0, 0.1) is 10.1 Å². The summed E-state index contributed by atoms with van der Waals surface area (Å²) < 4.78 is 1.98. The number of halogens is 1. The van der Waals surface area contributed by atoms with Crippen LogP contribution in [0.4, 0.5) is 5.69 Å². The molecule has 0 saturated heterocycles. The Morgan fingerprint density at radius 1 is 1.15 bits per heavy atom. The van der Waals surface area contributed by atoms with Gasteiger partial charge in [0.15, 0.2) is 0 Å². The van der Waals surface area contributed by atoms with E-state index in [1.165, 1.54) is 6.07 Å². The van der Waals surface area contributed by atoms with E-state index in [1.54, 1.807) is 12.1 Å². The highest BCUT2D eigenvalue weighted by Crippen LogP contribution is 2.24. The number of nitro groups is 1. The van der Waals surface area contributed by atoms with Crippen molar-refractivity contribution in [2.24, 2.45) is 0 Å². The maximum atomic E-state index is 11.0. The van der Waals surface area contributed by atoms with Gasteiger partial charge in [-0.3, -0.25) is 10.1 Å². The molecule has 1 heterocycles. The minimum atomic E-state index is -0.349. The van der Waals surface area contributed by atoms with Crippen LogP contribution in [-0.4, -0.2) is 9.49 Å². The molecule has 0 unspecified atom stereocenters. The van der Waals surface area contributed by atoms with E-state index in [0.29, 0.717) is 17.1 Å². The number of nitrogens with zero attached hydrogens (tertiary/aromatic N) is 2. The molecule has 0 amide bonds. The fraction of sp³-hybridized carbons (Fsp3) is 0.0667. The molecule has 0 fully saturated rings. The van der Waals surface area contributed by atoms with E-state index in [4.69, 9.17) is 11.6 Å². The summed E-state index contributed by atoms with van der Waals surface area (Å²) in [6.45, 7) is 0.461. The minimum absolute atomic E-state index is 0.142. The van der Waals surface area contributed by atoms with Crippen LogP contribution in [0.15, 0.2) is 54.7 Å². The van der Waals surface area contributed by atoms with Crippen LogP contribution in [-0.2, 0) is 6.54 Å². The highest BCUT2D eigenvalue weighted by Gasteiger charge is 2.13. The van der Waals surface area contributed by atoms with Gasteiger partial charge >= 0.3 is 0 Å². The van der Waals surface area contributed by atoms with Crippen molar-refractivity contribution in [1.82, 2.24) is 4.57 Å². The van der Waals surface area contributed by atoms with Crippen LogP contribution in [0.1, 0.15) is 5.56 Å². The summed E-state index contributed by atoms with van der Waals surface area (Å²) in [6.07, 6.45) is 1.91. The van der Waals surface area contributed by atoms with Gasteiger partial charge in [0, 0.05) is 33.8 Å². The second-order valence-electron chi connectivity index (χ2n) is 4.53. The molecular weight excluding hydrogens is 276 g/mol. The number of para-hydroxylation sites is 1. The molecule has 0 bridgehead atoms. The zero-order valence-corrected chi connectivity index (χ0v) is 11.2. The van der Waals surface area contributed by atoms with Gasteiger partial charge in [0.25, 0.3) is 5.69 Å². The number of hydrogen-bond acceptors (Lipinski definition) is 2. The topological polar surface area (TPSA) is 48.1 Å². The Morgan fingerprint density at radius 3 is 2.75 bits per heavy atom. The predicted octanol–water partition coefficient (Wildman–Crippen LogP) is 4.25. The van der Waals surface area contributed by atoms with E-state index in [9.17, 15) is 10.1 Å². The first kappa shape index (κ1) is 12.7. The zero-order chi connectivity index (χ0) is 14.1. The molecule has 0 radical (unpaired) electrons. The molecule has 0 saturated carbocycles. The Morgan fingerprint density at radius 2 is 1.95 bits per heavy atom. The summed E-state index contributed by atoms with van der Waals surface area (Å²) in [5.41, 5.74) is 1.83. The van der Waals surface area contributed by atoms with Gasteiger partial charge in [-0.1, -0.05) is 29.8 Å². The van der Waals surface area contributed by atoms with E-state index in [1.807, 2.05) is 41.1 Å². The second-order valence-corrected chi connectivity index (χ2v) is 4.97. The van der Waals surface area contributed by atoms with E-state index in [2.05, 4.69) is 0 Å². The Kier molecular flexibility index (Phi) is 3.16. The third kappa shape index (κ3) is 2.26. The van der Waals surface area contributed by atoms with E-state index in [0.717, 1.165) is 10.9 Å². The molecule has 0 spiro atoms. The van der Waals surface area contributed by atoms with Gasteiger partial charge in [-0.2, -0.15) is 0 Å². The molecule has 20 heavy (non-hydrogen) atoms. The van der Waals surface area contributed by atoms with Crippen LogP contribution in [0.5, 0.6) is 0 Å². The largest absolute Gasteiger partial charge is 0.343 e. The number of aromatic nitrogens is 1. The highest BCUT2D eigenvalue weighted by molar-refractivity contribution is 6.31. The summed E-state index contributed by atoms with van der Waals surface area (Å²) in [4.78, 5) is 10.7. The first-order chi connectivity index (χ1) is 9.65. The van der Waals surface area contributed by atoms with Gasteiger partial charge in [-0.05, 0) is 24.3 Å². The minimum Gasteiger partial charge on any atom is -0.343 e. The van der Waals surface area contributed by atoms with Gasteiger partial charge in [0.05, 0.1) is 11.5 Å². The molecule has 100 valence electrons. The number of hydrogen-bond donors (Lipinski definition) is 0. The summed E-state index contributed by atoms with van der Waals surface area (Å²) in [5.74, 6) is 0. The quantitative estimate of drug-likeness (QED) is 0.534. The third-order valence-electron chi connectivity index (χ3n) is 3.26. The molecule has 0 aliphatic heterocycles. The van der Waals surface area contributed by atoms with Gasteiger partial charge in [-0.25, -0.2) is 0 Å². The average Bonchev–Trinajstić information content (AvgIpc) is 2.81. The van der Waals surface area contributed by atoms with Crippen molar-refractivity contribution in [3.8, 4) is 0 Å². The van der Waals surface area contributed by atoms with Crippen molar-refractivity contribution >= 4 is 28.2 Å². The summed E-state index contributed by atoms with van der Waals surface area (Å²) >= 11 is 5.96. The second kappa shape index (κ2) is 4.98. The van der Waals surface area contributed by atoms with Gasteiger partial charge in [-0.15, -0.1) is 0 Å². The molecule has 3 rings (SSSR count). The smallest absolute Gasteiger partial charge is 0.274 e. The normalized spacial score (nSPS) is 10.8. The molecule has 2 aromatic carbocycles. The standard InChI is InChI=1S/C15H11ClN2O2/c16-13-5-6-14-11(9-13)7-8-17(14)10-12-3-1-2-4-15(12)18(19)20/h1-9H,10H2. The molecule has 4 nitrogen and oxygen atoms in total. The fourth-order valence-electron chi connectivity index (χ4n) is 2.32. The van der Waals surface area contributed by atoms with Crippen molar-refractivity contribution in [3.05, 3.63) is 75.4 Å². The maximum Gasteiger partial charge on any atom is 0.274 e.